The molecule has 0 aliphatic carbocycles. The van der Waals surface area contributed by atoms with Crippen molar-refractivity contribution in [2.45, 2.75) is 18.7 Å². The Balaban J connectivity index is 2.13. The summed E-state index contributed by atoms with van der Waals surface area (Å²) in [4.78, 5) is 4.94. The summed E-state index contributed by atoms with van der Waals surface area (Å²) in [6.45, 7) is 4.59. The Labute approximate surface area is 142 Å². The van der Waals surface area contributed by atoms with Crippen LogP contribution in [-0.2, 0) is 17.1 Å². The summed E-state index contributed by atoms with van der Waals surface area (Å²) in [6, 6.07) is 15.0. The molecule has 3 rings (SSSR count). The van der Waals surface area contributed by atoms with Crippen LogP contribution < -0.4 is 0 Å². The summed E-state index contributed by atoms with van der Waals surface area (Å²) >= 11 is 0. The SMILES string of the molecule is CCN(CC)S(=O)(=O)c1ccc2c(c1)nc(-c1ccccc1)n2C. The number of sulfonamides is 1. The number of nitrogens with zero attached hydrogens (tertiary/aromatic N) is 3. The van der Waals surface area contributed by atoms with Crippen molar-refractivity contribution in [1.82, 2.24) is 13.9 Å². The normalized spacial score (nSPS) is 12.2. The number of benzene rings is 2. The fraction of sp³-hybridized carbons (Fsp3) is 0.278. The summed E-state index contributed by atoms with van der Waals surface area (Å²) in [5.74, 6) is 0.822. The van der Waals surface area contributed by atoms with Gasteiger partial charge in [-0.3, -0.25) is 0 Å². The molecule has 0 spiro atoms. The summed E-state index contributed by atoms with van der Waals surface area (Å²) in [7, 11) is -1.54. The van der Waals surface area contributed by atoms with Crippen molar-refractivity contribution in [3.8, 4) is 11.4 Å². The molecule has 0 N–H and O–H groups in total. The van der Waals surface area contributed by atoms with E-state index in [1.807, 2.05) is 61.9 Å². The fourth-order valence-corrected chi connectivity index (χ4v) is 4.38. The maximum atomic E-state index is 12.7. The largest absolute Gasteiger partial charge is 0.327 e. The van der Waals surface area contributed by atoms with Gasteiger partial charge in [-0.05, 0) is 18.2 Å². The summed E-state index contributed by atoms with van der Waals surface area (Å²) in [5.41, 5.74) is 2.60. The van der Waals surface area contributed by atoms with Crippen LogP contribution in [0.1, 0.15) is 13.8 Å². The minimum absolute atomic E-state index is 0.288. The van der Waals surface area contributed by atoms with Crippen LogP contribution in [-0.4, -0.2) is 35.4 Å². The second-order valence-corrected chi connectivity index (χ2v) is 7.54. The molecule has 0 saturated heterocycles. The van der Waals surface area contributed by atoms with Gasteiger partial charge in [0.2, 0.25) is 10.0 Å². The third-order valence-corrected chi connectivity index (χ3v) is 6.27. The molecule has 0 unspecified atom stereocenters. The van der Waals surface area contributed by atoms with Gasteiger partial charge in [0.15, 0.2) is 0 Å². The van der Waals surface area contributed by atoms with Gasteiger partial charge in [-0.25, -0.2) is 13.4 Å². The Morgan fingerprint density at radius 2 is 1.71 bits per heavy atom. The number of hydrogen-bond acceptors (Lipinski definition) is 3. The fourth-order valence-electron chi connectivity index (χ4n) is 2.90. The number of hydrogen-bond donors (Lipinski definition) is 0. The molecule has 0 aliphatic rings. The Kier molecular flexibility index (Phi) is 4.43. The van der Waals surface area contributed by atoms with Gasteiger partial charge in [0.25, 0.3) is 0 Å². The van der Waals surface area contributed by atoms with Gasteiger partial charge < -0.3 is 4.57 Å². The topological polar surface area (TPSA) is 55.2 Å². The second kappa shape index (κ2) is 6.37. The Hall–Kier alpha value is -2.18. The van der Waals surface area contributed by atoms with Gasteiger partial charge in [0, 0.05) is 25.7 Å². The highest BCUT2D eigenvalue weighted by atomic mass is 32.2. The molecule has 0 fully saturated rings. The molecule has 1 heterocycles. The van der Waals surface area contributed by atoms with E-state index in [1.165, 1.54) is 4.31 Å². The van der Waals surface area contributed by atoms with Crippen molar-refractivity contribution in [3.05, 3.63) is 48.5 Å². The number of rotatable bonds is 5. The van der Waals surface area contributed by atoms with Gasteiger partial charge in [-0.15, -0.1) is 0 Å². The highest BCUT2D eigenvalue weighted by Crippen LogP contribution is 2.26. The van der Waals surface area contributed by atoms with E-state index < -0.39 is 10.0 Å². The van der Waals surface area contributed by atoms with Crippen LogP contribution in [0.25, 0.3) is 22.4 Å². The standard InChI is InChI=1S/C18H21N3O2S/c1-4-21(5-2)24(22,23)15-11-12-17-16(13-15)19-18(20(17)3)14-9-7-6-8-10-14/h6-13H,4-5H2,1-3H3. The van der Waals surface area contributed by atoms with Crippen molar-refractivity contribution in [1.29, 1.82) is 0 Å². The lowest BCUT2D eigenvalue weighted by atomic mass is 10.2. The first-order chi connectivity index (χ1) is 11.5. The minimum atomic E-state index is -3.48. The zero-order valence-corrected chi connectivity index (χ0v) is 14.9. The van der Waals surface area contributed by atoms with E-state index in [0.717, 1.165) is 16.9 Å². The molecule has 6 heteroatoms. The predicted octanol–water partition coefficient (Wildman–Crippen LogP) is 3.27. The summed E-state index contributed by atoms with van der Waals surface area (Å²) in [5, 5.41) is 0. The van der Waals surface area contributed by atoms with E-state index in [-0.39, 0.29) is 4.90 Å². The Morgan fingerprint density at radius 3 is 2.33 bits per heavy atom. The molecule has 0 radical (unpaired) electrons. The van der Waals surface area contributed by atoms with Crippen LogP contribution in [0.5, 0.6) is 0 Å². The first kappa shape index (κ1) is 16.7. The van der Waals surface area contributed by atoms with Crippen LogP contribution in [0.3, 0.4) is 0 Å². The third-order valence-electron chi connectivity index (χ3n) is 4.23. The molecular weight excluding hydrogens is 322 g/mol. The molecule has 0 bridgehead atoms. The zero-order chi connectivity index (χ0) is 17.3. The second-order valence-electron chi connectivity index (χ2n) is 5.60. The third kappa shape index (κ3) is 2.72. The van der Waals surface area contributed by atoms with Crippen molar-refractivity contribution in [2.24, 2.45) is 7.05 Å². The molecule has 0 amide bonds. The maximum Gasteiger partial charge on any atom is 0.243 e. The van der Waals surface area contributed by atoms with Gasteiger partial charge in [-0.2, -0.15) is 4.31 Å². The first-order valence-corrected chi connectivity index (χ1v) is 9.45. The molecule has 24 heavy (non-hydrogen) atoms. The van der Waals surface area contributed by atoms with Crippen LogP contribution in [0.4, 0.5) is 0 Å². The van der Waals surface area contributed by atoms with Crippen LogP contribution in [0.2, 0.25) is 0 Å². The average molecular weight is 343 g/mol. The summed E-state index contributed by atoms with van der Waals surface area (Å²) < 4.78 is 28.8. The lowest BCUT2D eigenvalue weighted by Gasteiger charge is -2.18. The predicted molar refractivity (Wildman–Crippen MR) is 96.3 cm³/mol. The van der Waals surface area contributed by atoms with E-state index in [4.69, 9.17) is 0 Å². The molecule has 1 aromatic heterocycles. The molecule has 126 valence electrons. The zero-order valence-electron chi connectivity index (χ0n) is 14.1. The van der Waals surface area contributed by atoms with Crippen molar-refractivity contribution < 1.29 is 8.42 Å². The Bertz CT molecular complexity index is 959. The molecule has 2 aromatic carbocycles. The minimum Gasteiger partial charge on any atom is -0.327 e. The lowest BCUT2D eigenvalue weighted by Crippen LogP contribution is -2.30. The highest BCUT2D eigenvalue weighted by Gasteiger charge is 2.22. The van der Waals surface area contributed by atoms with Gasteiger partial charge in [0.05, 0.1) is 15.9 Å². The van der Waals surface area contributed by atoms with E-state index in [1.54, 1.807) is 12.1 Å². The van der Waals surface area contributed by atoms with E-state index >= 15 is 0 Å². The number of imidazole rings is 1. The quantitative estimate of drug-likeness (QED) is 0.714. The summed E-state index contributed by atoms with van der Waals surface area (Å²) in [6.07, 6.45) is 0. The van der Waals surface area contributed by atoms with Crippen molar-refractivity contribution in [2.75, 3.05) is 13.1 Å². The van der Waals surface area contributed by atoms with Gasteiger partial charge in [0.1, 0.15) is 5.82 Å². The molecule has 5 nitrogen and oxygen atoms in total. The van der Waals surface area contributed by atoms with Crippen LogP contribution in [0.15, 0.2) is 53.4 Å². The number of fused-ring (bicyclic) bond motifs is 1. The molecule has 3 aromatic rings. The molecule has 0 saturated carbocycles. The van der Waals surface area contributed by atoms with Crippen LogP contribution >= 0.6 is 0 Å². The van der Waals surface area contributed by atoms with E-state index in [9.17, 15) is 8.42 Å². The lowest BCUT2D eigenvalue weighted by molar-refractivity contribution is 0.445. The van der Waals surface area contributed by atoms with Crippen LogP contribution in [0, 0.1) is 0 Å². The molecule has 0 aliphatic heterocycles. The van der Waals surface area contributed by atoms with Gasteiger partial charge >= 0.3 is 0 Å². The smallest absolute Gasteiger partial charge is 0.243 e. The number of aryl methyl sites for hydroxylation is 1. The maximum absolute atomic E-state index is 12.7. The monoisotopic (exact) mass is 343 g/mol. The molecular formula is C18H21N3O2S. The number of aromatic nitrogens is 2. The van der Waals surface area contributed by atoms with Crippen molar-refractivity contribution in [3.63, 3.8) is 0 Å². The molecule has 0 atom stereocenters. The Morgan fingerprint density at radius 1 is 1.04 bits per heavy atom. The van der Waals surface area contributed by atoms with Crippen molar-refractivity contribution >= 4 is 21.1 Å². The van der Waals surface area contributed by atoms with E-state index in [2.05, 4.69) is 4.98 Å². The average Bonchev–Trinajstić information content (AvgIpc) is 2.93. The highest BCUT2D eigenvalue weighted by molar-refractivity contribution is 7.89. The van der Waals surface area contributed by atoms with Gasteiger partial charge in [-0.1, -0.05) is 44.2 Å². The first-order valence-electron chi connectivity index (χ1n) is 8.01. The van der Waals surface area contributed by atoms with E-state index in [0.29, 0.717) is 18.6 Å².